The number of urea groups is 1. The third-order valence-electron chi connectivity index (χ3n) is 6.18. The van der Waals surface area contributed by atoms with Gasteiger partial charge in [0.2, 0.25) is 11.8 Å². The second-order valence-electron chi connectivity index (χ2n) is 9.02. The Morgan fingerprint density at radius 1 is 1.08 bits per heavy atom. The second kappa shape index (κ2) is 11.0. The molecule has 0 bridgehead atoms. The van der Waals surface area contributed by atoms with Crippen LogP contribution in [0, 0.1) is 6.92 Å². The number of carbonyl (C=O) groups excluding carboxylic acids is 5. The van der Waals surface area contributed by atoms with Gasteiger partial charge in [0.1, 0.15) is 11.7 Å². The van der Waals surface area contributed by atoms with Gasteiger partial charge in [-0.1, -0.05) is 18.2 Å². The summed E-state index contributed by atoms with van der Waals surface area (Å²) in [5, 5.41) is 9.95. The van der Waals surface area contributed by atoms with Gasteiger partial charge in [0, 0.05) is 30.4 Å². The van der Waals surface area contributed by atoms with Crippen LogP contribution in [0.25, 0.3) is 0 Å². The van der Waals surface area contributed by atoms with Crippen LogP contribution in [0.1, 0.15) is 29.5 Å². The summed E-state index contributed by atoms with van der Waals surface area (Å²) in [6, 6.07) is 8.61. The van der Waals surface area contributed by atoms with Crippen LogP contribution in [-0.4, -0.2) is 47.1 Å². The number of imide groups is 2. The van der Waals surface area contributed by atoms with Crippen LogP contribution in [-0.2, 0) is 31.8 Å². The minimum Gasteiger partial charge on any atom is -0.351 e. The van der Waals surface area contributed by atoms with Crippen molar-refractivity contribution < 1.29 is 37.1 Å². The lowest BCUT2D eigenvalue weighted by Crippen LogP contribution is -2.54. The Balaban J connectivity index is 1.31. The summed E-state index contributed by atoms with van der Waals surface area (Å²) in [5.74, 6) is -2.53. The number of nitrogens with one attached hydrogen (secondary N) is 4. The topological polar surface area (TPSA) is 137 Å². The van der Waals surface area contributed by atoms with Crippen LogP contribution in [0.15, 0.2) is 54.2 Å². The highest BCUT2D eigenvalue weighted by Crippen LogP contribution is 2.33. The highest BCUT2D eigenvalue weighted by Gasteiger charge is 2.42. The van der Waals surface area contributed by atoms with Crippen LogP contribution in [0.5, 0.6) is 0 Å². The molecule has 13 heteroatoms. The number of benzene rings is 2. The Kier molecular flexibility index (Phi) is 7.70. The Bertz CT molecular complexity index is 1390. The molecule has 0 aliphatic carbocycles. The number of nitrogens with zero attached hydrogens (tertiary/aromatic N) is 1. The van der Waals surface area contributed by atoms with Gasteiger partial charge in [-0.3, -0.25) is 29.4 Å². The van der Waals surface area contributed by atoms with Crippen molar-refractivity contribution in [3.63, 3.8) is 0 Å². The van der Waals surface area contributed by atoms with E-state index in [0.29, 0.717) is 12.1 Å². The minimum absolute atomic E-state index is 0.00651. The van der Waals surface area contributed by atoms with Crippen molar-refractivity contribution >= 4 is 41.0 Å². The van der Waals surface area contributed by atoms with Crippen LogP contribution >= 0.6 is 0 Å². The third-order valence-corrected chi connectivity index (χ3v) is 6.18. The van der Waals surface area contributed by atoms with Crippen molar-refractivity contribution in [2.45, 2.75) is 38.4 Å². The number of halogens is 3. The van der Waals surface area contributed by atoms with Crippen LogP contribution in [0.2, 0.25) is 0 Å². The van der Waals surface area contributed by atoms with E-state index in [-0.39, 0.29) is 36.3 Å². The first-order valence-corrected chi connectivity index (χ1v) is 11.9. The largest absolute Gasteiger partial charge is 0.416 e. The molecule has 2 aliphatic heterocycles. The summed E-state index contributed by atoms with van der Waals surface area (Å²) in [5.41, 5.74) is 0.429. The molecule has 6 amide bonds. The molecule has 2 heterocycles. The molecule has 39 heavy (non-hydrogen) atoms. The fourth-order valence-corrected chi connectivity index (χ4v) is 4.26. The summed E-state index contributed by atoms with van der Waals surface area (Å²) < 4.78 is 39.3. The van der Waals surface area contributed by atoms with E-state index in [0.717, 1.165) is 22.6 Å². The van der Waals surface area contributed by atoms with Gasteiger partial charge >= 0.3 is 12.2 Å². The molecule has 4 rings (SSSR count). The predicted molar refractivity (Wildman–Crippen MR) is 133 cm³/mol. The molecule has 1 unspecified atom stereocenters. The number of rotatable bonds is 7. The van der Waals surface area contributed by atoms with Crippen molar-refractivity contribution in [2.75, 3.05) is 17.2 Å². The Labute approximate surface area is 220 Å². The molecule has 0 saturated carbocycles. The smallest absolute Gasteiger partial charge is 0.351 e. The monoisotopic (exact) mass is 543 g/mol. The van der Waals surface area contributed by atoms with Gasteiger partial charge in [0.05, 0.1) is 5.56 Å². The summed E-state index contributed by atoms with van der Waals surface area (Å²) in [7, 11) is 0. The summed E-state index contributed by atoms with van der Waals surface area (Å²) in [6.45, 7) is 1.50. The zero-order valence-electron chi connectivity index (χ0n) is 20.6. The maximum atomic E-state index is 13.1. The molecule has 2 aromatic rings. The number of anilines is 2. The van der Waals surface area contributed by atoms with E-state index in [4.69, 9.17) is 0 Å². The number of hydrogen-bond acceptors (Lipinski definition) is 6. The van der Waals surface area contributed by atoms with Gasteiger partial charge in [-0.15, -0.1) is 0 Å². The Hall–Kier alpha value is -4.68. The molecule has 0 spiro atoms. The Morgan fingerprint density at radius 2 is 1.85 bits per heavy atom. The lowest BCUT2D eigenvalue weighted by Gasteiger charge is -2.28. The average Bonchev–Trinajstić information content (AvgIpc) is 3.12. The van der Waals surface area contributed by atoms with E-state index in [2.05, 4.69) is 21.3 Å². The fourth-order valence-electron chi connectivity index (χ4n) is 4.26. The van der Waals surface area contributed by atoms with Gasteiger partial charge in [-0.05, 0) is 55.2 Å². The van der Waals surface area contributed by atoms with Crippen LogP contribution in [0.4, 0.5) is 29.3 Å². The third kappa shape index (κ3) is 6.43. The molecule has 1 fully saturated rings. The maximum absolute atomic E-state index is 13.1. The highest BCUT2D eigenvalue weighted by molar-refractivity contribution is 6.20. The molecule has 2 aliphatic rings. The number of amides is 6. The number of piperidine rings is 1. The van der Waals surface area contributed by atoms with E-state index in [1.165, 1.54) is 19.1 Å². The normalized spacial score (nSPS) is 17.6. The number of alkyl halides is 3. The first-order chi connectivity index (χ1) is 18.4. The molecular weight excluding hydrogens is 519 g/mol. The molecule has 204 valence electrons. The SMILES string of the molecule is Cc1ccc(NC(=O)NCCc2cccc(NC3=CC(=O)N(C4CCC(=O)NC4=O)C3=O)c2)cc1C(F)(F)F. The quantitative estimate of drug-likeness (QED) is 0.397. The zero-order valence-corrected chi connectivity index (χ0v) is 20.6. The lowest BCUT2D eigenvalue weighted by molar-refractivity contribution is -0.149. The lowest BCUT2D eigenvalue weighted by atomic mass is 10.0. The molecule has 2 aromatic carbocycles. The molecule has 10 nitrogen and oxygen atoms in total. The maximum Gasteiger partial charge on any atom is 0.416 e. The van der Waals surface area contributed by atoms with Gasteiger partial charge in [0.25, 0.3) is 11.8 Å². The van der Waals surface area contributed by atoms with E-state index in [1.807, 2.05) is 0 Å². The summed E-state index contributed by atoms with van der Waals surface area (Å²) in [4.78, 5) is 61.7. The summed E-state index contributed by atoms with van der Waals surface area (Å²) >= 11 is 0. The fraction of sp³-hybridized carbons (Fsp3) is 0.269. The number of aryl methyl sites for hydroxylation is 1. The van der Waals surface area contributed by atoms with Gasteiger partial charge < -0.3 is 16.0 Å². The van der Waals surface area contributed by atoms with Crippen molar-refractivity contribution in [1.29, 1.82) is 0 Å². The van der Waals surface area contributed by atoms with Crippen LogP contribution < -0.4 is 21.3 Å². The second-order valence-corrected chi connectivity index (χ2v) is 9.02. The summed E-state index contributed by atoms with van der Waals surface area (Å²) in [6.07, 6.45) is -3.03. The number of hydrogen-bond donors (Lipinski definition) is 4. The van der Waals surface area contributed by atoms with E-state index in [1.54, 1.807) is 24.3 Å². The first kappa shape index (κ1) is 27.4. The Morgan fingerprint density at radius 3 is 2.56 bits per heavy atom. The van der Waals surface area contributed by atoms with Gasteiger partial charge in [-0.2, -0.15) is 13.2 Å². The molecule has 1 saturated heterocycles. The van der Waals surface area contributed by atoms with Crippen molar-refractivity contribution in [1.82, 2.24) is 15.5 Å². The van der Waals surface area contributed by atoms with Crippen molar-refractivity contribution in [3.05, 3.63) is 70.9 Å². The molecule has 1 atom stereocenters. The minimum atomic E-state index is -4.53. The van der Waals surface area contributed by atoms with Crippen molar-refractivity contribution in [3.8, 4) is 0 Å². The molecular formula is C26H24F3N5O5. The predicted octanol–water partition coefficient (Wildman–Crippen LogP) is 2.85. The molecule has 4 N–H and O–H groups in total. The van der Waals surface area contributed by atoms with Crippen LogP contribution in [0.3, 0.4) is 0 Å². The standard InChI is InChI=1S/C26H24F3N5O5/c1-14-5-6-17(12-18(14)26(27,28)29)32-25(39)30-10-9-15-3-2-4-16(11-15)31-19-13-22(36)34(24(19)38)20-7-8-21(35)33-23(20)37/h2-6,11-13,20,31H,7-10H2,1H3,(H2,30,32,39)(H,33,35,37). The average molecular weight is 544 g/mol. The highest BCUT2D eigenvalue weighted by atomic mass is 19.4. The van der Waals surface area contributed by atoms with E-state index < -0.39 is 47.4 Å². The first-order valence-electron chi connectivity index (χ1n) is 11.9. The van der Waals surface area contributed by atoms with E-state index in [9.17, 15) is 37.1 Å². The zero-order chi connectivity index (χ0) is 28.3. The van der Waals surface area contributed by atoms with Crippen molar-refractivity contribution in [2.24, 2.45) is 0 Å². The molecule has 0 radical (unpaired) electrons. The molecule has 0 aromatic heterocycles. The number of carbonyl (C=O) groups is 5. The van der Waals surface area contributed by atoms with Gasteiger partial charge in [0.15, 0.2) is 0 Å². The van der Waals surface area contributed by atoms with E-state index >= 15 is 0 Å². The van der Waals surface area contributed by atoms with Gasteiger partial charge in [-0.25, -0.2) is 4.79 Å².